The molecular weight excluding hydrogens is 180 g/mol. The van der Waals surface area contributed by atoms with Crippen LogP contribution >= 0.6 is 0 Å². The molecule has 1 saturated heterocycles. The van der Waals surface area contributed by atoms with E-state index in [-0.39, 0.29) is 18.2 Å². The van der Waals surface area contributed by atoms with Crippen molar-refractivity contribution in [2.24, 2.45) is 5.92 Å². The summed E-state index contributed by atoms with van der Waals surface area (Å²) in [6, 6.07) is 0. The maximum Gasteiger partial charge on any atom is 0.311 e. The van der Waals surface area contributed by atoms with Crippen LogP contribution in [0.25, 0.3) is 0 Å². The molecule has 14 heavy (non-hydrogen) atoms. The van der Waals surface area contributed by atoms with Gasteiger partial charge in [-0.1, -0.05) is 19.3 Å². The van der Waals surface area contributed by atoms with Gasteiger partial charge in [-0.15, -0.1) is 0 Å². The fourth-order valence-corrected chi connectivity index (χ4v) is 2.21. The first-order valence-electron chi connectivity index (χ1n) is 5.68. The van der Waals surface area contributed by atoms with Gasteiger partial charge in [0.1, 0.15) is 0 Å². The minimum absolute atomic E-state index is 0.0309. The van der Waals surface area contributed by atoms with Crippen molar-refractivity contribution in [3.8, 4) is 0 Å². The summed E-state index contributed by atoms with van der Waals surface area (Å²) < 4.78 is 10.6. The third-order valence-corrected chi connectivity index (χ3v) is 3.07. The van der Waals surface area contributed by atoms with Crippen LogP contribution < -0.4 is 0 Å². The van der Waals surface area contributed by atoms with Gasteiger partial charge in [-0.3, -0.25) is 4.79 Å². The zero-order valence-electron chi connectivity index (χ0n) is 8.54. The average molecular weight is 198 g/mol. The number of hydrogen-bond donors (Lipinski definition) is 0. The number of carbonyl (C=O) groups is 1. The highest BCUT2D eigenvalue weighted by Crippen LogP contribution is 2.26. The van der Waals surface area contributed by atoms with Gasteiger partial charge in [0.2, 0.25) is 6.29 Å². The van der Waals surface area contributed by atoms with Crippen LogP contribution in [-0.4, -0.2) is 18.9 Å². The van der Waals surface area contributed by atoms with Gasteiger partial charge in [0.05, 0.1) is 12.5 Å². The zero-order valence-corrected chi connectivity index (χ0v) is 8.54. The van der Waals surface area contributed by atoms with E-state index in [1.165, 1.54) is 19.3 Å². The number of esters is 1. The molecule has 2 rings (SSSR count). The highest BCUT2D eigenvalue weighted by atomic mass is 16.7. The fourth-order valence-electron chi connectivity index (χ4n) is 2.21. The molecule has 0 radical (unpaired) electrons. The largest absolute Gasteiger partial charge is 0.436 e. The van der Waals surface area contributed by atoms with Gasteiger partial charge in [-0.05, 0) is 19.3 Å². The summed E-state index contributed by atoms with van der Waals surface area (Å²) in [6.07, 6.45) is 7.27. The molecule has 0 aromatic carbocycles. The third-order valence-electron chi connectivity index (χ3n) is 3.07. The molecule has 1 unspecified atom stereocenters. The Morgan fingerprint density at radius 1 is 1.07 bits per heavy atom. The molecule has 1 atom stereocenters. The maximum atomic E-state index is 11.7. The molecule has 1 aliphatic heterocycles. The first kappa shape index (κ1) is 9.97. The van der Waals surface area contributed by atoms with Crippen molar-refractivity contribution in [2.45, 2.75) is 51.2 Å². The standard InChI is InChI=1S/C11H18O3/c12-11(9-5-2-1-3-6-9)14-10-7-4-8-13-10/h9-10H,1-8H2. The Balaban J connectivity index is 1.75. The Bertz CT molecular complexity index is 191. The molecule has 80 valence electrons. The van der Waals surface area contributed by atoms with E-state index in [1.807, 2.05) is 0 Å². The van der Waals surface area contributed by atoms with Crippen LogP contribution in [0.3, 0.4) is 0 Å². The van der Waals surface area contributed by atoms with Crippen LogP contribution in [0.15, 0.2) is 0 Å². The second-order valence-electron chi connectivity index (χ2n) is 4.21. The molecule has 3 nitrogen and oxygen atoms in total. The summed E-state index contributed by atoms with van der Waals surface area (Å²) in [4.78, 5) is 11.7. The second kappa shape index (κ2) is 4.78. The summed E-state index contributed by atoms with van der Waals surface area (Å²) in [5, 5.41) is 0. The highest BCUT2D eigenvalue weighted by molar-refractivity contribution is 5.72. The molecule has 2 aliphatic rings. The number of hydrogen-bond acceptors (Lipinski definition) is 3. The number of carbonyl (C=O) groups excluding carboxylic acids is 1. The molecule has 1 heterocycles. The van der Waals surface area contributed by atoms with Gasteiger partial charge < -0.3 is 9.47 Å². The fraction of sp³-hybridized carbons (Fsp3) is 0.909. The SMILES string of the molecule is O=C(OC1CCCO1)C1CCCCC1. The summed E-state index contributed by atoms with van der Waals surface area (Å²) in [5.41, 5.74) is 0. The zero-order chi connectivity index (χ0) is 9.80. The van der Waals surface area contributed by atoms with Crippen LogP contribution in [0.5, 0.6) is 0 Å². The van der Waals surface area contributed by atoms with Gasteiger partial charge in [-0.2, -0.15) is 0 Å². The molecule has 3 heteroatoms. The smallest absolute Gasteiger partial charge is 0.311 e. The van der Waals surface area contributed by atoms with Crippen LogP contribution in [0.2, 0.25) is 0 Å². The van der Waals surface area contributed by atoms with Crippen LogP contribution in [-0.2, 0) is 14.3 Å². The molecule has 0 spiro atoms. The van der Waals surface area contributed by atoms with Gasteiger partial charge in [0, 0.05) is 6.42 Å². The second-order valence-corrected chi connectivity index (χ2v) is 4.21. The van der Waals surface area contributed by atoms with Crippen molar-refractivity contribution in [1.29, 1.82) is 0 Å². The lowest BCUT2D eigenvalue weighted by atomic mass is 9.89. The van der Waals surface area contributed by atoms with E-state index in [0.29, 0.717) is 0 Å². The molecule has 0 aromatic heterocycles. The predicted molar refractivity (Wildman–Crippen MR) is 51.6 cm³/mol. The molecule has 2 fully saturated rings. The molecule has 0 aromatic rings. The Hall–Kier alpha value is -0.570. The van der Waals surface area contributed by atoms with E-state index in [0.717, 1.165) is 32.3 Å². The lowest BCUT2D eigenvalue weighted by Gasteiger charge is -2.21. The molecule has 0 amide bonds. The van der Waals surface area contributed by atoms with Crippen molar-refractivity contribution < 1.29 is 14.3 Å². The van der Waals surface area contributed by atoms with Crippen molar-refractivity contribution in [2.75, 3.05) is 6.61 Å². The molecule has 0 bridgehead atoms. The number of rotatable bonds is 2. The first-order valence-corrected chi connectivity index (χ1v) is 5.68. The summed E-state index contributed by atoms with van der Waals surface area (Å²) in [6.45, 7) is 0.739. The van der Waals surface area contributed by atoms with Crippen LogP contribution in [0.1, 0.15) is 44.9 Å². The third kappa shape index (κ3) is 2.47. The summed E-state index contributed by atoms with van der Waals surface area (Å²) in [7, 11) is 0. The minimum atomic E-state index is -0.246. The maximum absolute atomic E-state index is 11.7. The van der Waals surface area contributed by atoms with Gasteiger partial charge in [0.25, 0.3) is 0 Å². The van der Waals surface area contributed by atoms with Crippen molar-refractivity contribution in [3.63, 3.8) is 0 Å². The lowest BCUT2D eigenvalue weighted by Crippen LogP contribution is -2.25. The molecule has 1 aliphatic carbocycles. The topological polar surface area (TPSA) is 35.5 Å². The monoisotopic (exact) mass is 198 g/mol. The summed E-state index contributed by atoms with van der Waals surface area (Å²) in [5.74, 6) is 0.115. The Labute approximate surface area is 84.8 Å². The van der Waals surface area contributed by atoms with Crippen molar-refractivity contribution in [3.05, 3.63) is 0 Å². The van der Waals surface area contributed by atoms with Crippen LogP contribution in [0.4, 0.5) is 0 Å². The first-order chi connectivity index (χ1) is 6.86. The van der Waals surface area contributed by atoms with Gasteiger partial charge >= 0.3 is 5.97 Å². The Kier molecular flexibility index (Phi) is 3.40. The van der Waals surface area contributed by atoms with E-state index in [2.05, 4.69) is 0 Å². The number of ether oxygens (including phenoxy) is 2. The molecule has 0 N–H and O–H groups in total. The van der Waals surface area contributed by atoms with E-state index in [9.17, 15) is 4.79 Å². The van der Waals surface area contributed by atoms with E-state index in [4.69, 9.17) is 9.47 Å². The van der Waals surface area contributed by atoms with Crippen molar-refractivity contribution in [1.82, 2.24) is 0 Å². The van der Waals surface area contributed by atoms with Crippen molar-refractivity contribution >= 4 is 5.97 Å². The molecule has 1 saturated carbocycles. The Morgan fingerprint density at radius 3 is 2.50 bits per heavy atom. The van der Waals surface area contributed by atoms with Crippen LogP contribution in [0, 0.1) is 5.92 Å². The average Bonchev–Trinajstić information content (AvgIpc) is 2.72. The van der Waals surface area contributed by atoms with E-state index in [1.54, 1.807) is 0 Å². The predicted octanol–water partition coefficient (Wildman–Crippen LogP) is 2.25. The molecular formula is C11H18O3. The van der Waals surface area contributed by atoms with Gasteiger partial charge in [-0.25, -0.2) is 0 Å². The minimum Gasteiger partial charge on any atom is -0.436 e. The quantitative estimate of drug-likeness (QED) is 0.638. The Morgan fingerprint density at radius 2 is 1.86 bits per heavy atom. The highest BCUT2D eigenvalue weighted by Gasteiger charge is 2.26. The normalized spacial score (nSPS) is 29.0. The van der Waals surface area contributed by atoms with E-state index < -0.39 is 0 Å². The lowest BCUT2D eigenvalue weighted by molar-refractivity contribution is -0.175. The summed E-state index contributed by atoms with van der Waals surface area (Å²) >= 11 is 0. The van der Waals surface area contributed by atoms with Gasteiger partial charge in [0.15, 0.2) is 0 Å². The van der Waals surface area contributed by atoms with E-state index >= 15 is 0 Å².